The van der Waals surface area contributed by atoms with Gasteiger partial charge >= 0.3 is 12.1 Å². The number of hydrogen-bond acceptors (Lipinski definition) is 10. The SMILES string of the molecule is O=C(NCCCCCCNC(=O)NS(=O)(=O)[C@@H]1CCS(=O)(=O)C1)NS(=O)(=O)[C@@H]1CCS(=O)(=O)C1. The lowest BCUT2D eigenvalue weighted by molar-refractivity contribution is 0.244. The van der Waals surface area contributed by atoms with E-state index in [-0.39, 0.29) is 37.4 Å². The number of unbranched alkanes of at least 4 members (excludes halogenated alkanes) is 3. The average molecular weight is 567 g/mol. The minimum Gasteiger partial charge on any atom is -0.337 e. The Morgan fingerprint density at radius 1 is 0.647 bits per heavy atom. The van der Waals surface area contributed by atoms with E-state index in [4.69, 9.17) is 0 Å². The Kier molecular flexibility index (Phi) is 9.57. The van der Waals surface area contributed by atoms with Gasteiger partial charge in [0.2, 0.25) is 20.0 Å². The van der Waals surface area contributed by atoms with Gasteiger partial charge in [0.1, 0.15) is 0 Å². The molecule has 0 aromatic rings. The van der Waals surface area contributed by atoms with E-state index in [9.17, 15) is 43.3 Å². The van der Waals surface area contributed by atoms with Crippen LogP contribution >= 0.6 is 0 Å². The number of sulfonamides is 2. The molecular weight excluding hydrogens is 536 g/mol. The second-order valence-corrected chi connectivity index (χ2v) is 16.6. The predicted molar refractivity (Wildman–Crippen MR) is 123 cm³/mol. The highest BCUT2D eigenvalue weighted by Crippen LogP contribution is 2.18. The van der Waals surface area contributed by atoms with Crippen molar-refractivity contribution in [1.82, 2.24) is 20.1 Å². The number of sulfone groups is 2. The van der Waals surface area contributed by atoms with Crippen LogP contribution in [0.3, 0.4) is 0 Å². The van der Waals surface area contributed by atoms with Gasteiger partial charge in [0, 0.05) is 13.1 Å². The lowest BCUT2D eigenvalue weighted by Gasteiger charge is -2.12. The minimum absolute atomic E-state index is 0.0502. The van der Waals surface area contributed by atoms with Crippen LogP contribution in [-0.2, 0) is 39.7 Å². The van der Waals surface area contributed by atoms with Crippen molar-refractivity contribution in [3.8, 4) is 0 Å². The van der Waals surface area contributed by atoms with Gasteiger partial charge in [-0.2, -0.15) is 0 Å². The molecule has 34 heavy (non-hydrogen) atoms. The number of amides is 4. The maximum absolute atomic E-state index is 12.0. The first-order valence-electron chi connectivity index (χ1n) is 10.6. The Morgan fingerprint density at radius 2 is 1.00 bits per heavy atom. The molecule has 4 amide bonds. The zero-order valence-corrected chi connectivity index (χ0v) is 21.6. The molecule has 2 saturated heterocycles. The van der Waals surface area contributed by atoms with Gasteiger partial charge in [-0.15, -0.1) is 0 Å². The largest absolute Gasteiger partial charge is 0.337 e. The van der Waals surface area contributed by atoms with E-state index >= 15 is 0 Å². The molecule has 0 aliphatic carbocycles. The molecule has 14 nitrogen and oxygen atoms in total. The number of carbonyl (C=O) groups is 2. The third-order valence-electron chi connectivity index (χ3n) is 5.40. The average Bonchev–Trinajstić information content (AvgIpc) is 3.25. The highest BCUT2D eigenvalue weighted by atomic mass is 32.2. The zero-order chi connectivity index (χ0) is 25.6. The summed E-state index contributed by atoms with van der Waals surface area (Å²) < 4.78 is 97.4. The summed E-state index contributed by atoms with van der Waals surface area (Å²) in [4.78, 5) is 23.5. The van der Waals surface area contributed by atoms with Gasteiger partial charge in [0.05, 0.1) is 33.5 Å². The quantitative estimate of drug-likeness (QED) is 0.205. The number of rotatable bonds is 11. The molecule has 198 valence electrons. The van der Waals surface area contributed by atoms with Crippen LogP contribution in [0, 0.1) is 0 Å². The van der Waals surface area contributed by atoms with E-state index in [0.29, 0.717) is 25.7 Å². The normalized spacial score (nSPS) is 23.8. The van der Waals surface area contributed by atoms with Crippen molar-refractivity contribution in [3.63, 3.8) is 0 Å². The molecule has 0 aromatic heterocycles. The van der Waals surface area contributed by atoms with Crippen LogP contribution in [-0.4, -0.2) is 92.3 Å². The van der Waals surface area contributed by atoms with Crippen molar-refractivity contribution in [2.45, 2.75) is 49.0 Å². The van der Waals surface area contributed by atoms with Gasteiger partial charge in [-0.05, 0) is 25.7 Å². The van der Waals surface area contributed by atoms with Crippen molar-refractivity contribution in [2.75, 3.05) is 36.1 Å². The Labute approximate surface area is 199 Å². The van der Waals surface area contributed by atoms with Gasteiger partial charge in [-0.3, -0.25) is 0 Å². The highest BCUT2D eigenvalue weighted by Gasteiger charge is 2.39. The van der Waals surface area contributed by atoms with Gasteiger partial charge in [-0.25, -0.2) is 52.7 Å². The second kappa shape index (κ2) is 11.4. The van der Waals surface area contributed by atoms with E-state index in [0.717, 1.165) is 0 Å². The lowest BCUT2D eigenvalue weighted by Crippen LogP contribution is -2.44. The van der Waals surface area contributed by atoms with Gasteiger partial charge in [0.15, 0.2) is 19.7 Å². The van der Waals surface area contributed by atoms with E-state index in [1.165, 1.54) is 0 Å². The number of urea groups is 2. The van der Waals surface area contributed by atoms with Gasteiger partial charge in [0.25, 0.3) is 0 Å². The lowest BCUT2D eigenvalue weighted by atomic mass is 10.2. The molecule has 0 saturated carbocycles. The Hall–Kier alpha value is -1.66. The van der Waals surface area contributed by atoms with Crippen molar-refractivity contribution in [2.24, 2.45) is 0 Å². The molecule has 0 aromatic carbocycles. The first-order valence-corrected chi connectivity index (χ1v) is 17.4. The first-order chi connectivity index (χ1) is 15.6. The summed E-state index contributed by atoms with van der Waals surface area (Å²) in [5, 5.41) is 2.48. The Morgan fingerprint density at radius 3 is 1.29 bits per heavy atom. The van der Waals surface area contributed by atoms with E-state index in [1.54, 1.807) is 0 Å². The molecule has 2 fully saturated rings. The molecule has 0 spiro atoms. The highest BCUT2D eigenvalue weighted by molar-refractivity contribution is 7.96. The second-order valence-electron chi connectivity index (χ2n) is 8.27. The van der Waals surface area contributed by atoms with Crippen molar-refractivity contribution in [3.05, 3.63) is 0 Å². The first kappa shape index (κ1) is 28.6. The van der Waals surface area contributed by atoms with Gasteiger partial charge < -0.3 is 10.6 Å². The molecule has 2 aliphatic rings. The van der Waals surface area contributed by atoms with Crippen LogP contribution in [0.4, 0.5) is 9.59 Å². The molecule has 0 radical (unpaired) electrons. The molecule has 2 rings (SSSR count). The summed E-state index contributed by atoms with van der Waals surface area (Å²) in [5.74, 6) is -1.46. The summed E-state index contributed by atoms with van der Waals surface area (Å²) in [6.07, 6.45) is 2.20. The maximum Gasteiger partial charge on any atom is 0.328 e. The topological polar surface area (TPSA) is 219 Å². The smallest absolute Gasteiger partial charge is 0.328 e. The number of hydrogen-bond donors (Lipinski definition) is 4. The monoisotopic (exact) mass is 566 g/mol. The van der Waals surface area contributed by atoms with Crippen LogP contribution in [0.25, 0.3) is 0 Å². The van der Waals surface area contributed by atoms with Crippen LogP contribution in [0.1, 0.15) is 38.5 Å². The third kappa shape index (κ3) is 9.18. The van der Waals surface area contributed by atoms with Crippen molar-refractivity contribution >= 4 is 51.8 Å². The summed E-state index contributed by atoms with van der Waals surface area (Å²) in [5.41, 5.74) is 0. The molecule has 18 heteroatoms. The summed E-state index contributed by atoms with van der Waals surface area (Å²) in [6, 6.07) is -1.86. The zero-order valence-electron chi connectivity index (χ0n) is 18.4. The van der Waals surface area contributed by atoms with E-state index in [2.05, 4.69) is 10.6 Å². The van der Waals surface area contributed by atoms with E-state index < -0.39 is 73.8 Å². The molecule has 2 atom stereocenters. The number of nitrogens with one attached hydrogen (secondary N) is 4. The maximum atomic E-state index is 12.0. The van der Waals surface area contributed by atoms with Crippen molar-refractivity contribution < 1.29 is 43.3 Å². The number of carbonyl (C=O) groups excluding carboxylic acids is 2. The standard InChI is InChI=1S/C16H30N4O10S4/c21-15(19-33(27,28)13-5-9-31(23,24)11-13)17-7-3-1-2-4-8-18-16(22)20-34(29,30)14-6-10-32(25,26)12-14/h13-14H,1-12H2,(H2,17,19,21)(H2,18,20,22)/t13-,14-/m1/s1. The van der Waals surface area contributed by atoms with E-state index in [1.807, 2.05) is 9.44 Å². The van der Waals surface area contributed by atoms with Crippen LogP contribution in [0.2, 0.25) is 0 Å². The van der Waals surface area contributed by atoms with Crippen LogP contribution in [0.5, 0.6) is 0 Å². The fourth-order valence-corrected chi connectivity index (χ4v) is 11.4. The fraction of sp³-hybridized carbons (Fsp3) is 0.875. The summed E-state index contributed by atoms with van der Waals surface area (Å²) in [6.45, 7) is 0.363. The molecule has 4 N–H and O–H groups in total. The summed E-state index contributed by atoms with van der Waals surface area (Å²) in [7, 11) is -15.0. The Bertz CT molecular complexity index is 1090. The molecule has 0 bridgehead atoms. The Balaban J connectivity index is 1.54. The minimum atomic E-state index is -4.08. The summed E-state index contributed by atoms with van der Waals surface area (Å²) >= 11 is 0. The van der Waals surface area contributed by atoms with Gasteiger partial charge in [-0.1, -0.05) is 12.8 Å². The van der Waals surface area contributed by atoms with Crippen LogP contribution < -0.4 is 20.1 Å². The third-order valence-corrected chi connectivity index (χ3v) is 12.9. The predicted octanol–water partition coefficient (Wildman–Crippen LogP) is -1.82. The van der Waals surface area contributed by atoms with Crippen molar-refractivity contribution in [1.29, 1.82) is 0 Å². The molecular formula is C16H30N4O10S4. The molecule has 2 aliphatic heterocycles. The molecule has 2 heterocycles. The van der Waals surface area contributed by atoms with Crippen LogP contribution in [0.15, 0.2) is 0 Å². The molecule has 0 unspecified atom stereocenters. The fourth-order valence-electron chi connectivity index (χ4n) is 3.52.